The Hall–Kier alpha value is -0.140. The van der Waals surface area contributed by atoms with Gasteiger partial charge in [0, 0.05) is 24.2 Å². The average molecular weight is 389 g/mol. The van der Waals surface area contributed by atoms with Crippen molar-refractivity contribution in [1.29, 1.82) is 0 Å². The number of halogens is 1. The Morgan fingerprint density at radius 2 is 2.05 bits per heavy atom. The second-order valence-electron chi connectivity index (χ2n) is 7.15. The van der Waals surface area contributed by atoms with Crippen LogP contribution in [0.3, 0.4) is 0 Å². The predicted octanol–water partition coefficient (Wildman–Crippen LogP) is 2.48. The minimum atomic E-state index is -0.467. The van der Waals surface area contributed by atoms with Crippen LogP contribution in [0.1, 0.15) is 44.3 Å². The van der Waals surface area contributed by atoms with Crippen molar-refractivity contribution in [3.8, 4) is 0 Å². The molecule has 2 saturated carbocycles. The van der Waals surface area contributed by atoms with Gasteiger partial charge in [0.1, 0.15) is 3.70 Å². The number of hydrogen-bond acceptors (Lipinski definition) is 3. The maximum absolute atomic E-state index is 10.6. The van der Waals surface area contributed by atoms with Gasteiger partial charge in [-0.15, -0.1) is 0 Å². The summed E-state index contributed by atoms with van der Waals surface area (Å²) in [5.74, 6) is 1.94. The summed E-state index contributed by atoms with van der Waals surface area (Å²) >= 11 is 2.30. The molecule has 4 nitrogen and oxygen atoms in total. The molecule has 2 aliphatic carbocycles. The van der Waals surface area contributed by atoms with Crippen LogP contribution in [0, 0.1) is 15.5 Å². The number of hydrogen-bond donors (Lipinski definition) is 1. The normalized spacial score (nSPS) is 35.9. The second-order valence-corrected chi connectivity index (χ2v) is 8.26. The third-order valence-corrected chi connectivity index (χ3v) is 5.27. The highest BCUT2D eigenvalue weighted by Gasteiger charge is 2.62. The van der Waals surface area contributed by atoms with Gasteiger partial charge in [0.2, 0.25) is 0 Å². The monoisotopic (exact) mass is 389 g/mol. The number of aromatic nitrogens is 2. The van der Waals surface area contributed by atoms with E-state index >= 15 is 0 Å². The molecule has 1 aromatic heterocycles. The molecule has 0 aromatic carbocycles. The van der Waals surface area contributed by atoms with Crippen LogP contribution in [0.2, 0.25) is 0 Å². The SMILES string of the molecule is CC(C)n1nc(I)cc1[C@H]1[C@@H]2CC(O)(CN(C)C)C[C@@H]21. The van der Waals surface area contributed by atoms with E-state index in [2.05, 4.69) is 57.2 Å². The van der Waals surface area contributed by atoms with Gasteiger partial charge in [0.15, 0.2) is 0 Å². The zero-order valence-corrected chi connectivity index (χ0v) is 14.8. The van der Waals surface area contributed by atoms with E-state index in [1.165, 1.54) is 5.69 Å². The molecule has 1 unspecified atom stereocenters. The molecule has 0 radical (unpaired) electrons. The van der Waals surface area contributed by atoms with E-state index in [0.29, 0.717) is 23.8 Å². The summed E-state index contributed by atoms with van der Waals surface area (Å²) in [6.45, 7) is 5.16. The number of nitrogens with zero attached hydrogens (tertiary/aromatic N) is 3. The van der Waals surface area contributed by atoms with Crippen LogP contribution in [0.5, 0.6) is 0 Å². The van der Waals surface area contributed by atoms with Crippen molar-refractivity contribution in [2.24, 2.45) is 11.8 Å². The summed E-state index contributed by atoms with van der Waals surface area (Å²) in [5, 5.41) is 15.3. The van der Waals surface area contributed by atoms with E-state index in [9.17, 15) is 5.11 Å². The third-order valence-electron chi connectivity index (χ3n) is 4.74. The largest absolute Gasteiger partial charge is 0.389 e. The van der Waals surface area contributed by atoms with Crippen LogP contribution in [-0.4, -0.2) is 46.0 Å². The second kappa shape index (κ2) is 4.95. The number of fused-ring (bicyclic) bond motifs is 1. The molecule has 0 saturated heterocycles. The third kappa shape index (κ3) is 2.52. The van der Waals surface area contributed by atoms with E-state index in [4.69, 9.17) is 0 Å². The van der Waals surface area contributed by atoms with E-state index in [-0.39, 0.29) is 0 Å². The fraction of sp³-hybridized carbons (Fsp3) is 0.800. The van der Waals surface area contributed by atoms with Gasteiger partial charge in [0.25, 0.3) is 0 Å². The lowest BCUT2D eigenvalue weighted by molar-refractivity contribution is 0.00937. The Labute approximate surface area is 134 Å². The molecule has 2 fully saturated rings. The number of likely N-dealkylation sites (N-methyl/N-ethyl adjacent to an activating group) is 1. The van der Waals surface area contributed by atoms with E-state index < -0.39 is 5.60 Å². The highest BCUT2D eigenvalue weighted by atomic mass is 127. The van der Waals surface area contributed by atoms with Crippen LogP contribution in [-0.2, 0) is 0 Å². The molecule has 0 aliphatic heterocycles. The first-order valence-electron chi connectivity index (χ1n) is 7.43. The average Bonchev–Trinajstić information content (AvgIpc) is 2.68. The molecule has 2 aliphatic rings. The highest BCUT2D eigenvalue weighted by Crippen LogP contribution is 2.66. The van der Waals surface area contributed by atoms with Gasteiger partial charge in [-0.25, -0.2) is 0 Å². The molecule has 112 valence electrons. The first-order chi connectivity index (χ1) is 9.31. The number of rotatable bonds is 4. The molecule has 4 atom stereocenters. The van der Waals surface area contributed by atoms with E-state index in [0.717, 1.165) is 23.1 Å². The fourth-order valence-corrected chi connectivity index (χ4v) is 4.71. The van der Waals surface area contributed by atoms with Gasteiger partial charge in [-0.05, 0) is 81.3 Å². The van der Waals surface area contributed by atoms with Gasteiger partial charge in [-0.3, -0.25) is 4.68 Å². The molecule has 1 heterocycles. The van der Waals surface area contributed by atoms with Crippen LogP contribution >= 0.6 is 22.6 Å². The van der Waals surface area contributed by atoms with Crippen LogP contribution < -0.4 is 0 Å². The molecular weight excluding hydrogens is 365 g/mol. The van der Waals surface area contributed by atoms with E-state index in [1.54, 1.807) is 0 Å². The standard InChI is InChI=1S/C15H24IN3O/c1-9(2)19-12(5-13(16)17-19)14-10-6-15(20,7-11(10)14)8-18(3)4/h5,9-11,14,20H,6-8H2,1-4H3/t10-,11+,14+,15?. The minimum Gasteiger partial charge on any atom is -0.389 e. The fourth-order valence-electron chi connectivity index (χ4n) is 4.16. The maximum atomic E-state index is 10.6. The van der Waals surface area contributed by atoms with Gasteiger partial charge >= 0.3 is 0 Å². The first kappa shape index (κ1) is 14.8. The van der Waals surface area contributed by atoms with Crippen molar-refractivity contribution in [2.45, 2.75) is 44.2 Å². The summed E-state index contributed by atoms with van der Waals surface area (Å²) < 4.78 is 3.26. The quantitative estimate of drug-likeness (QED) is 0.805. The van der Waals surface area contributed by atoms with E-state index in [1.807, 2.05) is 14.1 Å². The lowest BCUT2D eigenvalue weighted by Gasteiger charge is -2.29. The molecule has 20 heavy (non-hydrogen) atoms. The molecule has 0 amide bonds. The Morgan fingerprint density at radius 3 is 2.55 bits per heavy atom. The summed E-state index contributed by atoms with van der Waals surface area (Å²) in [5.41, 5.74) is 0.914. The molecule has 1 aromatic rings. The molecule has 1 N–H and O–H groups in total. The van der Waals surface area contributed by atoms with Gasteiger partial charge in [0.05, 0.1) is 5.60 Å². The lowest BCUT2D eigenvalue weighted by atomic mass is 9.93. The molecular formula is C15H24IN3O. The van der Waals surface area contributed by atoms with Crippen molar-refractivity contribution in [3.63, 3.8) is 0 Å². The Bertz CT molecular complexity index is 499. The zero-order chi connectivity index (χ0) is 14.7. The summed E-state index contributed by atoms with van der Waals surface area (Å²) in [6.07, 6.45) is 1.89. The summed E-state index contributed by atoms with van der Waals surface area (Å²) in [7, 11) is 4.07. The molecule has 5 heteroatoms. The van der Waals surface area contributed by atoms with Crippen molar-refractivity contribution in [3.05, 3.63) is 15.5 Å². The van der Waals surface area contributed by atoms with Crippen LogP contribution in [0.15, 0.2) is 6.07 Å². The molecule has 3 rings (SSSR count). The Balaban J connectivity index is 1.73. The topological polar surface area (TPSA) is 41.3 Å². The van der Waals surface area contributed by atoms with Crippen molar-refractivity contribution >= 4 is 22.6 Å². The Morgan fingerprint density at radius 1 is 1.45 bits per heavy atom. The maximum Gasteiger partial charge on any atom is 0.123 e. The van der Waals surface area contributed by atoms with Crippen molar-refractivity contribution in [2.75, 3.05) is 20.6 Å². The summed E-state index contributed by atoms with van der Waals surface area (Å²) in [4.78, 5) is 2.10. The smallest absolute Gasteiger partial charge is 0.123 e. The Kier molecular flexibility index (Phi) is 3.66. The lowest BCUT2D eigenvalue weighted by Crippen LogP contribution is -2.39. The molecule has 0 spiro atoms. The van der Waals surface area contributed by atoms with Crippen molar-refractivity contribution < 1.29 is 5.11 Å². The van der Waals surface area contributed by atoms with Gasteiger partial charge < -0.3 is 10.0 Å². The highest BCUT2D eigenvalue weighted by molar-refractivity contribution is 14.1. The van der Waals surface area contributed by atoms with Crippen LogP contribution in [0.4, 0.5) is 0 Å². The molecule has 0 bridgehead atoms. The van der Waals surface area contributed by atoms with Crippen molar-refractivity contribution in [1.82, 2.24) is 14.7 Å². The predicted molar refractivity (Wildman–Crippen MR) is 87.8 cm³/mol. The summed E-state index contributed by atoms with van der Waals surface area (Å²) in [6, 6.07) is 2.64. The number of aliphatic hydroxyl groups is 1. The zero-order valence-electron chi connectivity index (χ0n) is 12.7. The van der Waals surface area contributed by atoms with Crippen LogP contribution in [0.25, 0.3) is 0 Å². The van der Waals surface area contributed by atoms with Gasteiger partial charge in [-0.1, -0.05) is 0 Å². The minimum absolute atomic E-state index is 0.413. The van der Waals surface area contributed by atoms with Gasteiger partial charge in [-0.2, -0.15) is 5.10 Å². The first-order valence-corrected chi connectivity index (χ1v) is 8.51.